The number of carbonyl (C=O) groups excluding carboxylic acids is 1. The van der Waals surface area contributed by atoms with Gasteiger partial charge in [0.05, 0.1) is 23.7 Å². The number of aryl methyl sites for hydroxylation is 1. The Labute approximate surface area is 232 Å². The number of pyridine rings is 1. The summed E-state index contributed by atoms with van der Waals surface area (Å²) in [6, 6.07) is 17.4. The summed E-state index contributed by atoms with van der Waals surface area (Å²) in [4.78, 5) is 24.1. The van der Waals surface area contributed by atoms with Crippen molar-refractivity contribution in [1.29, 1.82) is 0 Å². The molecule has 0 bridgehead atoms. The third-order valence-electron chi connectivity index (χ3n) is 7.23. The molecule has 0 radical (unpaired) electrons. The Morgan fingerprint density at radius 1 is 1.07 bits per heavy atom. The fourth-order valence-corrected chi connectivity index (χ4v) is 5.13. The Morgan fingerprint density at radius 3 is 2.58 bits per heavy atom. The van der Waals surface area contributed by atoms with Crippen molar-refractivity contribution in [2.45, 2.75) is 32.8 Å². The van der Waals surface area contributed by atoms with E-state index >= 15 is 0 Å². The Morgan fingerprint density at radius 2 is 1.88 bits per heavy atom. The molecule has 0 spiro atoms. The summed E-state index contributed by atoms with van der Waals surface area (Å²) < 4.78 is 34.7. The molecule has 1 aliphatic heterocycles. The van der Waals surface area contributed by atoms with E-state index < -0.39 is 17.7 Å². The molecule has 208 valence electrons. The molecule has 40 heavy (non-hydrogen) atoms. The Kier molecular flexibility index (Phi) is 8.44. The molecular formula is C31H32F2N4O3. The van der Waals surface area contributed by atoms with Crippen LogP contribution in [0.25, 0.3) is 16.9 Å². The highest BCUT2D eigenvalue weighted by molar-refractivity contribution is 5.82. The highest BCUT2D eigenvalue weighted by Gasteiger charge is 2.37. The molecule has 2 atom stereocenters. The van der Waals surface area contributed by atoms with E-state index in [1.165, 1.54) is 6.07 Å². The number of Topliss-reactive ketones (excluding diaryl/α,β-unsaturated/α-hetero) is 1. The highest BCUT2D eigenvalue weighted by atomic mass is 19.2. The number of aromatic nitrogens is 3. The first-order valence-corrected chi connectivity index (χ1v) is 13.3. The van der Waals surface area contributed by atoms with Crippen molar-refractivity contribution in [3.63, 3.8) is 0 Å². The first-order chi connectivity index (χ1) is 19.3. The quantitative estimate of drug-likeness (QED) is 0.259. The van der Waals surface area contributed by atoms with Crippen molar-refractivity contribution in [2.75, 3.05) is 26.8 Å². The standard InChI is InChI=1S/C31H32F2N4O3/c1-20-9-10-23(18-34-20)30-21(2)29(37(35-30)25-7-5-4-6-8-25)17-26(38)15-24-19-36(13-14-39-3)40-31(24)22-11-12-27(32)28(33)16-22/h4-12,16,18,24,31H,13-15,17,19H2,1-3H3/t24-,31+/m1/s1. The summed E-state index contributed by atoms with van der Waals surface area (Å²) in [6.07, 6.45) is 1.58. The Hall–Kier alpha value is -3.79. The number of hydroxylamine groups is 2. The van der Waals surface area contributed by atoms with Gasteiger partial charge >= 0.3 is 0 Å². The summed E-state index contributed by atoms with van der Waals surface area (Å²) in [5, 5.41) is 6.62. The van der Waals surface area contributed by atoms with Crippen molar-refractivity contribution in [2.24, 2.45) is 5.92 Å². The highest BCUT2D eigenvalue weighted by Crippen LogP contribution is 2.37. The predicted octanol–water partition coefficient (Wildman–Crippen LogP) is 5.58. The van der Waals surface area contributed by atoms with Crippen LogP contribution in [0.3, 0.4) is 0 Å². The molecule has 1 aliphatic rings. The van der Waals surface area contributed by atoms with Gasteiger partial charge in [-0.2, -0.15) is 10.2 Å². The van der Waals surface area contributed by atoms with Crippen molar-refractivity contribution in [3.05, 3.63) is 101 Å². The summed E-state index contributed by atoms with van der Waals surface area (Å²) in [6.45, 7) is 5.31. The second-order valence-electron chi connectivity index (χ2n) is 10.1. The molecule has 1 saturated heterocycles. The number of rotatable bonds is 10. The first-order valence-electron chi connectivity index (χ1n) is 13.3. The molecule has 5 rings (SSSR count). The molecule has 0 saturated carbocycles. The van der Waals surface area contributed by atoms with E-state index in [9.17, 15) is 13.6 Å². The number of para-hydroxylation sites is 1. The van der Waals surface area contributed by atoms with Crippen LogP contribution in [0.15, 0.2) is 66.9 Å². The zero-order valence-electron chi connectivity index (χ0n) is 22.8. The van der Waals surface area contributed by atoms with Gasteiger partial charge in [-0.25, -0.2) is 13.5 Å². The second kappa shape index (κ2) is 12.2. The minimum atomic E-state index is -0.943. The average molecular weight is 547 g/mol. The van der Waals surface area contributed by atoms with E-state index in [0.717, 1.165) is 46.0 Å². The van der Waals surface area contributed by atoms with Gasteiger partial charge in [0.2, 0.25) is 0 Å². The maximum absolute atomic E-state index is 14.1. The van der Waals surface area contributed by atoms with Gasteiger partial charge in [0.25, 0.3) is 0 Å². The lowest BCUT2D eigenvalue weighted by Crippen LogP contribution is -2.24. The van der Waals surface area contributed by atoms with Gasteiger partial charge in [0, 0.05) is 56.4 Å². The van der Waals surface area contributed by atoms with Crippen molar-refractivity contribution in [1.82, 2.24) is 19.8 Å². The summed E-state index contributed by atoms with van der Waals surface area (Å²) in [5.74, 6) is -2.11. The van der Waals surface area contributed by atoms with E-state index in [0.29, 0.717) is 25.3 Å². The van der Waals surface area contributed by atoms with Crippen LogP contribution < -0.4 is 0 Å². The number of ketones is 1. The number of halogens is 2. The molecule has 2 aromatic heterocycles. The lowest BCUT2D eigenvalue weighted by Gasteiger charge is -2.18. The number of hydrogen-bond acceptors (Lipinski definition) is 6. The van der Waals surface area contributed by atoms with Gasteiger partial charge in [0.1, 0.15) is 11.9 Å². The van der Waals surface area contributed by atoms with Gasteiger partial charge < -0.3 is 4.74 Å². The zero-order valence-corrected chi connectivity index (χ0v) is 22.8. The maximum Gasteiger partial charge on any atom is 0.159 e. The molecule has 0 aliphatic carbocycles. The van der Waals surface area contributed by atoms with Gasteiger partial charge in [-0.1, -0.05) is 24.3 Å². The molecule has 0 N–H and O–H groups in total. The van der Waals surface area contributed by atoms with Crippen LogP contribution >= 0.6 is 0 Å². The SMILES string of the molecule is COCCN1C[C@@H](CC(=O)Cc2c(C)c(-c3ccc(C)nc3)nn2-c2ccccc2)[C@H](c2ccc(F)c(F)c2)O1. The van der Waals surface area contributed by atoms with Crippen LogP contribution in [0.2, 0.25) is 0 Å². The smallest absolute Gasteiger partial charge is 0.159 e. The Balaban J connectivity index is 1.42. The summed E-state index contributed by atoms with van der Waals surface area (Å²) in [5.41, 5.74) is 5.62. The van der Waals surface area contributed by atoms with E-state index in [1.807, 2.05) is 61.0 Å². The second-order valence-corrected chi connectivity index (χ2v) is 10.1. The molecule has 7 nitrogen and oxygen atoms in total. The van der Waals surface area contributed by atoms with Crippen LogP contribution in [-0.4, -0.2) is 52.4 Å². The first kappa shape index (κ1) is 27.8. The van der Waals surface area contributed by atoms with Crippen molar-refractivity contribution >= 4 is 5.78 Å². The topological polar surface area (TPSA) is 69.5 Å². The molecule has 3 heterocycles. The van der Waals surface area contributed by atoms with E-state index in [-0.39, 0.29) is 24.5 Å². The minimum absolute atomic E-state index is 0.00328. The van der Waals surface area contributed by atoms with Crippen LogP contribution in [0.4, 0.5) is 8.78 Å². The van der Waals surface area contributed by atoms with Gasteiger partial charge in [-0.3, -0.25) is 14.6 Å². The van der Waals surface area contributed by atoms with Gasteiger partial charge in [0.15, 0.2) is 11.6 Å². The lowest BCUT2D eigenvalue weighted by atomic mass is 9.90. The van der Waals surface area contributed by atoms with Crippen molar-refractivity contribution in [3.8, 4) is 16.9 Å². The van der Waals surface area contributed by atoms with Gasteiger partial charge in [-0.15, -0.1) is 0 Å². The monoisotopic (exact) mass is 546 g/mol. The molecule has 1 fully saturated rings. The maximum atomic E-state index is 14.1. The zero-order chi connectivity index (χ0) is 28.2. The van der Waals surface area contributed by atoms with Crippen LogP contribution in [-0.2, 0) is 20.8 Å². The molecule has 2 aromatic carbocycles. The summed E-state index contributed by atoms with van der Waals surface area (Å²) in [7, 11) is 1.60. The minimum Gasteiger partial charge on any atom is -0.383 e. The number of nitrogens with zero attached hydrogens (tertiary/aromatic N) is 4. The molecule has 4 aromatic rings. The third-order valence-corrected chi connectivity index (χ3v) is 7.23. The molecule has 0 amide bonds. The fraction of sp³-hybridized carbons (Fsp3) is 0.323. The predicted molar refractivity (Wildman–Crippen MR) is 147 cm³/mol. The van der Waals surface area contributed by atoms with Gasteiger partial charge in [-0.05, 0) is 61.4 Å². The normalized spacial score (nSPS) is 17.4. The molecule has 0 unspecified atom stereocenters. The number of carbonyl (C=O) groups is 1. The average Bonchev–Trinajstić information content (AvgIpc) is 3.50. The molecular weight excluding hydrogens is 514 g/mol. The number of benzene rings is 2. The van der Waals surface area contributed by atoms with Crippen LogP contribution in [0.5, 0.6) is 0 Å². The number of ether oxygens (including phenoxy) is 1. The van der Waals surface area contributed by atoms with E-state index in [2.05, 4.69) is 4.98 Å². The van der Waals surface area contributed by atoms with E-state index in [1.54, 1.807) is 18.4 Å². The summed E-state index contributed by atoms with van der Waals surface area (Å²) >= 11 is 0. The number of hydrogen-bond donors (Lipinski definition) is 0. The van der Waals surface area contributed by atoms with Crippen molar-refractivity contribution < 1.29 is 23.1 Å². The van der Waals surface area contributed by atoms with Crippen LogP contribution in [0.1, 0.15) is 35.0 Å². The fourth-order valence-electron chi connectivity index (χ4n) is 5.13. The largest absolute Gasteiger partial charge is 0.383 e. The van der Waals surface area contributed by atoms with Crippen LogP contribution in [0, 0.1) is 31.4 Å². The molecule has 9 heteroatoms. The third kappa shape index (κ3) is 6.01. The lowest BCUT2D eigenvalue weighted by molar-refractivity contribution is -0.155. The number of methoxy groups -OCH3 is 1. The Bertz CT molecular complexity index is 1470. The van der Waals surface area contributed by atoms with E-state index in [4.69, 9.17) is 14.7 Å².